The summed E-state index contributed by atoms with van der Waals surface area (Å²) in [6.45, 7) is 6.07. The van der Waals surface area contributed by atoms with Crippen LogP contribution in [0.3, 0.4) is 0 Å². The van der Waals surface area contributed by atoms with Crippen molar-refractivity contribution in [1.29, 1.82) is 0 Å². The van der Waals surface area contributed by atoms with E-state index in [1.807, 2.05) is 44.2 Å². The van der Waals surface area contributed by atoms with Crippen molar-refractivity contribution in [2.45, 2.75) is 33.2 Å². The molecule has 3 heteroatoms. The molecule has 2 nitrogen and oxygen atoms in total. The second-order valence-electron chi connectivity index (χ2n) is 5.33. The summed E-state index contributed by atoms with van der Waals surface area (Å²) < 4.78 is 5.99. The van der Waals surface area contributed by atoms with Crippen LogP contribution in [-0.2, 0) is 6.42 Å². The van der Waals surface area contributed by atoms with Crippen molar-refractivity contribution >= 4 is 11.6 Å². The lowest BCUT2D eigenvalue weighted by molar-refractivity contribution is 0.473. The van der Waals surface area contributed by atoms with Gasteiger partial charge in [0.2, 0.25) is 0 Å². The molecule has 0 aromatic heterocycles. The highest BCUT2D eigenvalue weighted by atomic mass is 35.5. The first kappa shape index (κ1) is 14.9. The molecule has 20 heavy (non-hydrogen) atoms. The number of aryl methyl sites for hydroxylation is 2. The topological polar surface area (TPSA) is 35.2 Å². The quantitative estimate of drug-likeness (QED) is 0.890. The second kappa shape index (κ2) is 6.29. The number of hydrogen-bond donors (Lipinski definition) is 1. The van der Waals surface area contributed by atoms with Gasteiger partial charge in [-0.05, 0) is 56.5 Å². The molecule has 106 valence electrons. The van der Waals surface area contributed by atoms with Gasteiger partial charge in [0.15, 0.2) is 0 Å². The van der Waals surface area contributed by atoms with Gasteiger partial charge in [0.1, 0.15) is 11.5 Å². The summed E-state index contributed by atoms with van der Waals surface area (Å²) in [5, 5.41) is 0.614. The lowest BCUT2D eigenvalue weighted by Gasteiger charge is -2.15. The molecule has 0 amide bonds. The summed E-state index contributed by atoms with van der Waals surface area (Å²) in [7, 11) is 0. The molecule has 0 aliphatic heterocycles. The molecule has 0 aliphatic rings. The zero-order valence-electron chi connectivity index (χ0n) is 12.1. The van der Waals surface area contributed by atoms with Crippen molar-refractivity contribution < 1.29 is 4.74 Å². The first-order valence-electron chi connectivity index (χ1n) is 6.75. The van der Waals surface area contributed by atoms with Crippen LogP contribution in [0.25, 0.3) is 0 Å². The number of hydrogen-bond acceptors (Lipinski definition) is 2. The fourth-order valence-electron chi connectivity index (χ4n) is 2.12. The molecule has 0 heterocycles. The number of halogens is 1. The smallest absolute Gasteiger partial charge is 0.146 e. The van der Waals surface area contributed by atoms with Crippen molar-refractivity contribution in [2.24, 2.45) is 5.73 Å². The van der Waals surface area contributed by atoms with E-state index in [1.165, 1.54) is 5.56 Å². The third-order valence-electron chi connectivity index (χ3n) is 3.06. The molecule has 0 aliphatic carbocycles. The van der Waals surface area contributed by atoms with E-state index < -0.39 is 0 Å². The summed E-state index contributed by atoms with van der Waals surface area (Å²) in [4.78, 5) is 0. The molecular weight excluding hydrogens is 270 g/mol. The Kier molecular flexibility index (Phi) is 4.69. The number of rotatable bonds is 4. The van der Waals surface area contributed by atoms with Crippen molar-refractivity contribution in [3.8, 4) is 11.5 Å². The predicted octanol–water partition coefficient (Wildman–Crippen LogP) is 4.64. The van der Waals surface area contributed by atoms with E-state index in [0.717, 1.165) is 23.3 Å². The Morgan fingerprint density at radius 3 is 2.40 bits per heavy atom. The molecule has 1 atom stereocenters. The molecule has 0 saturated carbocycles. The zero-order valence-corrected chi connectivity index (χ0v) is 12.9. The van der Waals surface area contributed by atoms with Crippen molar-refractivity contribution in [2.75, 3.05) is 0 Å². The maximum absolute atomic E-state index is 6.19. The van der Waals surface area contributed by atoms with Crippen LogP contribution in [0, 0.1) is 13.8 Å². The first-order valence-corrected chi connectivity index (χ1v) is 7.12. The predicted molar refractivity (Wildman–Crippen MR) is 84.8 cm³/mol. The van der Waals surface area contributed by atoms with Gasteiger partial charge in [-0.25, -0.2) is 0 Å². The van der Waals surface area contributed by atoms with Crippen LogP contribution in [0.4, 0.5) is 0 Å². The van der Waals surface area contributed by atoms with Gasteiger partial charge in [-0.15, -0.1) is 0 Å². The van der Waals surface area contributed by atoms with E-state index in [2.05, 4.69) is 13.0 Å². The summed E-state index contributed by atoms with van der Waals surface area (Å²) >= 11 is 6.19. The highest BCUT2D eigenvalue weighted by molar-refractivity contribution is 6.32. The number of benzene rings is 2. The minimum atomic E-state index is 0.0899. The van der Waals surface area contributed by atoms with E-state index in [0.29, 0.717) is 10.8 Å². The lowest BCUT2D eigenvalue weighted by atomic mass is 10.0. The SMILES string of the molecule is Cc1ccc(Oc2cc(C)ccc2Cl)c(CC(C)N)c1. The van der Waals surface area contributed by atoms with E-state index >= 15 is 0 Å². The van der Waals surface area contributed by atoms with Gasteiger partial charge in [0.25, 0.3) is 0 Å². The van der Waals surface area contributed by atoms with Crippen molar-refractivity contribution in [3.63, 3.8) is 0 Å². The summed E-state index contributed by atoms with van der Waals surface area (Å²) in [6.07, 6.45) is 0.778. The average Bonchev–Trinajstić information content (AvgIpc) is 2.36. The molecule has 0 radical (unpaired) electrons. The van der Waals surface area contributed by atoms with E-state index in [4.69, 9.17) is 22.1 Å². The Morgan fingerprint density at radius 2 is 1.70 bits per heavy atom. The molecule has 2 N–H and O–H groups in total. The van der Waals surface area contributed by atoms with Gasteiger partial charge in [0, 0.05) is 6.04 Å². The largest absolute Gasteiger partial charge is 0.456 e. The number of nitrogens with two attached hydrogens (primary N) is 1. The van der Waals surface area contributed by atoms with Crippen LogP contribution < -0.4 is 10.5 Å². The van der Waals surface area contributed by atoms with E-state index in [9.17, 15) is 0 Å². The lowest BCUT2D eigenvalue weighted by Crippen LogP contribution is -2.18. The second-order valence-corrected chi connectivity index (χ2v) is 5.74. The Morgan fingerprint density at radius 1 is 1.05 bits per heavy atom. The standard InChI is InChI=1S/C17H20ClNO/c1-11-5-7-16(14(8-11)10-13(3)19)20-17-9-12(2)4-6-15(17)18/h4-9,13H,10,19H2,1-3H3. The Labute approximate surface area is 125 Å². The third-order valence-corrected chi connectivity index (χ3v) is 3.38. The minimum absolute atomic E-state index is 0.0899. The van der Waals surface area contributed by atoms with Crippen LogP contribution in [0.1, 0.15) is 23.6 Å². The molecule has 2 aromatic carbocycles. The van der Waals surface area contributed by atoms with Crippen LogP contribution in [0.5, 0.6) is 11.5 Å². The van der Waals surface area contributed by atoms with Gasteiger partial charge >= 0.3 is 0 Å². The molecule has 1 unspecified atom stereocenters. The molecule has 0 saturated heterocycles. The molecular formula is C17H20ClNO. The van der Waals surface area contributed by atoms with Crippen LogP contribution in [0.15, 0.2) is 36.4 Å². The maximum atomic E-state index is 6.19. The summed E-state index contributed by atoms with van der Waals surface area (Å²) in [5.41, 5.74) is 9.33. The van der Waals surface area contributed by atoms with Gasteiger partial charge in [-0.1, -0.05) is 35.4 Å². The summed E-state index contributed by atoms with van der Waals surface area (Å²) in [6, 6.07) is 12.0. The molecule has 0 fully saturated rings. The summed E-state index contributed by atoms with van der Waals surface area (Å²) in [5.74, 6) is 1.50. The van der Waals surface area contributed by atoms with Crippen LogP contribution in [-0.4, -0.2) is 6.04 Å². The minimum Gasteiger partial charge on any atom is -0.456 e. The van der Waals surface area contributed by atoms with Crippen LogP contribution in [0.2, 0.25) is 5.02 Å². The molecule has 0 bridgehead atoms. The fourth-order valence-corrected chi connectivity index (χ4v) is 2.28. The van der Waals surface area contributed by atoms with Gasteiger partial charge in [0.05, 0.1) is 5.02 Å². The molecule has 2 rings (SSSR count). The van der Waals surface area contributed by atoms with E-state index in [1.54, 1.807) is 0 Å². The first-order chi connectivity index (χ1) is 9.45. The maximum Gasteiger partial charge on any atom is 0.146 e. The average molecular weight is 290 g/mol. The number of ether oxygens (including phenoxy) is 1. The highest BCUT2D eigenvalue weighted by Gasteiger charge is 2.10. The Bertz CT molecular complexity index is 608. The fraction of sp³-hybridized carbons (Fsp3) is 0.294. The molecule has 2 aromatic rings. The third kappa shape index (κ3) is 3.75. The zero-order chi connectivity index (χ0) is 14.7. The van der Waals surface area contributed by atoms with Gasteiger partial charge in [-0.3, -0.25) is 0 Å². The van der Waals surface area contributed by atoms with Crippen LogP contribution >= 0.6 is 11.6 Å². The Balaban J connectivity index is 2.35. The highest BCUT2D eigenvalue weighted by Crippen LogP contribution is 2.32. The molecule has 0 spiro atoms. The van der Waals surface area contributed by atoms with Crippen molar-refractivity contribution in [1.82, 2.24) is 0 Å². The van der Waals surface area contributed by atoms with E-state index in [-0.39, 0.29) is 6.04 Å². The van der Waals surface area contributed by atoms with Gasteiger partial charge in [-0.2, -0.15) is 0 Å². The monoisotopic (exact) mass is 289 g/mol. The Hall–Kier alpha value is -1.51. The van der Waals surface area contributed by atoms with Gasteiger partial charge < -0.3 is 10.5 Å². The van der Waals surface area contributed by atoms with Crippen molar-refractivity contribution in [3.05, 3.63) is 58.1 Å². The normalized spacial score (nSPS) is 12.2.